The van der Waals surface area contributed by atoms with E-state index in [4.69, 9.17) is 5.73 Å². The first-order valence-electron chi connectivity index (χ1n) is 5.87. The van der Waals surface area contributed by atoms with Crippen molar-refractivity contribution in [3.8, 4) is 0 Å². The van der Waals surface area contributed by atoms with Gasteiger partial charge in [-0.1, -0.05) is 17.7 Å². The average Bonchev–Trinajstić information content (AvgIpc) is 2.28. The van der Waals surface area contributed by atoms with Crippen LogP contribution in [0.25, 0.3) is 0 Å². The Kier molecular flexibility index (Phi) is 3.24. The van der Waals surface area contributed by atoms with Gasteiger partial charge in [-0.25, -0.2) is 4.39 Å². The molecule has 0 atom stereocenters. The Bertz CT molecular complexity index is 568. The Morgan fingerprint density at radius 3 is 2.17 bits per heavy atom. The highest BCUT2D eigenvalue weighted by Gasteiger charge is 2.05. The molecule has 0 radical (unpaired) electrons. The minimum atomic E-state index is -0.401. The smallest absolute Gasteiger partial charge is 0.148 e. The monoisotopic (exact) mass is 244 g/mol. The predicted molar refractivity (Wildman–Crippen MR) is 74.7 cm³/mol. The molecule has 2 aromatic carbocycles. The number of hydrogen-bond donors (Lipinski definition) is 2. The summed E-state index contributed by atoms with van der Waals surface area (Å²) in [7, 11) is 0. The van der Waals surface area contributed by atoms with Crippen LogP contribution in [-0.4, -0.2) is 0 Å². The fourth-order valence-electron chi connectivity index (χ4n) is 2.13. The minimum Gasteiger partial charge on any atom is -0.396 e. The summed E-state index contributed by atoms with van der Waals surface area (Å²) in [4.78, 5) is 0. The van der Waals surface area contributed by atoms with Crippen LogP contribution in [0.5, 0.6) is 0 Å². The van der Waals surface area contributed by atoms with Crippen LogP contribution in [0.3, 0.4) is 0 Å². The quantitative estimate of drug-likeness (QED) is 0.781. The molecule has 0 aliphatic heterocycles. The number of anilines is 3. The molecule has 0 aliphatic carbocycles. The van der Waals surface area contributed by atoms with Gasteiger partial charge in [0.15, 0.2) is 0 Å². The first-order chi connectivity index (χ1) is 8.47. The van der Waals surface area contributed by atoms with Gasteiger partial charge in [-0.15, -0.1) is 0 Å². The summed E-state index contributed by atoms with van der Waals surface area (Å²) in [6.07, 6.45) is 0. The van der Waals surface area contributed by atoms with Gasteiger partial charge in [0.1, 0.15) is 5.82 Å². The number of benzene rings is 2. The molecule has 0 unspecified atom stereocenters. The van der Waals surface area contributed by atoms with E-state index in [9.17, 15) is 4.39 Å². The molecule has 18 heavy (non-hydrogen) atoms. The van der Waals surface area contributed by atoms with Gasteiger partial charge in [-0.3, -0.25) is 0 Å². The number of nitrogens with two attached hydrogens (primary N) is 1. The van der Waals surface area contributed by atoms with Crippen molar-refractivity contribution in [3.63, 3.8) is 0 Å². The van der Waals surface area contributed by atoms with Gasteiger partial charge >= 0.3 is 0 Å². The lowest BCUT2D eigenvalue weighted by atomic mass is 10.0. The van der Waals surface area contributed by atoms with Crippen molar-refractivity contribution in [2.75, 3.05) is 11.1 Å². The van der Waals surface area contributed by atoms with E-state index in [-0.39, 0.29) is 5.69 Å². The van der Waals surface area contributed by atoms with Gasteiger partial charge in [-0.05, 0) is 50.1 Å². The van der Waals surface area contributed by atoms with E-state index < -0.39 is 5.82 Å². The van der Waals surface area contributed by atoms with E-state index in [0.29, 0.717) is 5.69 Å². The molecule has 3 N–H and O–H groups in total. The first kappa shape index (κ1) is 12.4. The lowest BCUT2D eigenvalue weighted by molar-refractivity contribution is 0.633. The number of nitrogens with one attached hydrogen (secondary N) is 1. The van der Waals surface area contributed by atoms with E-state index >= 15 is 0 Å². The molecule has 0 amide bonds. The summed E-state index contributed by atoms with van der Waals surface area (Å²) < 4.78 is 13.4. The zero-order chi connectivity index (χ0) is 13.3. The van der Waals surface area contributed by atoms with Crippen molar-refractivity contribution in [1.82, 2.24) is 0 Å². The van der Waals surface area contributed by atoms with E-state index in [1.54, 1.807) is 12.1 Å². The topological polar surface area (TPSA) is 38.0 Å². The van der Waals surface area contributed by atoms with Crippen molar-refractivity contribution in [2.45, 2.75) is 20.8 Å². The molecule has 2 nitrogen and oxygen atoms in total. The number of aryl methyl sites for hydroxylation is 3. The molecular formula is C15H17FN2. The maximum Gasteiger partial charge on any atom is 0.148 e. The van der Waals surface area contributed by atoms with Crippen LogP contribution >= 0.6 is 0 Å². The Labute approximate surface area is 107 Å². The van der Waals surface area contributed by atoms with E-state index in [2.05, 4.69) is 24.4 Å². The molecule has 0 saturated heterocycles. The maximum absolute atomic E-state index is 13.4. The second kappa shape index (κ2) is 4.69. The number of nitrogen functional groups attached to an aromatic ring is 1. The molecule has 0 bridgehead atoms. The molecule has 0 heterocycles. The summed E-state index contributed by atoms with van der Waals surface area (Å²) in [6, 6.07) is 8.95. The summed E-state index contributed by atoms with van der Waals surface area (Å²) in [6.45, 7) is 6.14. The third-order valence-corrected chi connectivity index (χ3v) is 2.95. The number of rotatable bonds is 2. The lowest BCUT2D eigenvalue weighted by Gasteiger charge is -2.14. The van der Waals surface area contributed by atoms with Gasteiger partial charge in [0, 0.05) is 11.4 Å². The number of halogens is 1. The van der Waals surface area contributed by atoms with Crippen LogP contribution in [0.4, 0.5) is 21.5 Å². The third kappa shape index (κ3) is 2.45. The van der Waals surface area contributed by atoms with E-state index in [1.807, 2.05) is 13.8 Å². The highest BCUT2D eigenvalue weighted by atomic mass is 19.1. The second-order valence-corrected chi connectivity index (χ2v) is 4.64. The fourth-order valence-corrected chi connectivity index (χ4v) is 2.13. The lowest BCUT2D eigenvalue weighted by Crippen LogP contribution is -1.98. The van der Waals surface area contributed by atoms with Crippen molar-refractivity contribution in [3.05, 3.63) is 52.8 Å². The van der Waals surface area contributed by atoms with Gasteiger partial charge < -0.3 is 11.1 Å². The molecule has 2 aromatic rings. The molecule has 0 aliphatic rings. The third-order valence-electron chi connectivity index (χ3n) is 2.95. The van der Waals surface area contributed by atoms with E-state index in [1.165, 1.54) is 11.6 Å². The molecule has 94 valence electrons. The summed E-state index contributed by atoms with van der Waals surface area (Å²) in [5.41, 5.74) is 10.9. The Hall–Kier alpha value is -2.03. The minimum absolute atomic E-state index is 0.165. The van der Waals surface area contributed by atoms with Crippen LogP contribution < -0.4 is 11.1 Å². The van der Waals surface area contributed by atoms with Gasteiger partial charge in [0.25, 0.3) is 0 Å². The van der Waals surface area contributed by atoms with Crippen LogP contribution in [0, 0.1) is 26.6 Å². The Morgan fingerprint density at radius 2 is 1.61 bits per heavy atom. The second-order valence-electron chi connectivity index (χ2n) is 4.64. The predicted octanol–water partition coefficient (Wildman–Crippen LogP) is 4.08. The first-order valence-corrected chi connectivity index (χ1v) is 5.87. The summed E-state index contributed by atoms with van der Waals surface area (Å²) >= 11 is 0. The SMILES string of the molecule is Cc1cc(C)c(Nc2ccc(N)c(F)c2)c(C)c1. The van der Waals surface area contributed by atoms with Crippen molar-refractivity contribution in [1.29, 1.82) is 0 Å². The Morgan fingerprint density at radius 1 is 1.00 bits per heavy atom. The fraction of sp³-hybridized carbons (Fsp3) is 0.200. The standard InChI is InChI=1S/C15H17FN2/c1-9-6-10(2)15(11(3)7-9)18-12-4-5-14(17)13(16)8-12/h4-8,18H,17H2,1-3H3. The highest BCUT2D eigenvalue weighted by Crippen LogP contribution is 2.27. The molecule has 0 aromatic heterocycles. The molecule has 3 heteroatoms. The van der Waals surface area contributed by atoms with Crippen molar-refractivity contribution >= 4 is 17.1 Å². The normalized spacial score (nSPS) is 10.4. The maximum atomic E-state index is 13.4. The van der Waals surface area contributed by atoms with E-state index in [0.717, 1.165) is 16.8 Å². The van der Waals surface area contributed by atoms with Crippen LogP contribution in [0.2, 0.25) is 0 Å². The van der Waals surface area contributed by atoms with Crippen molar-refractivity contribution < 1.29 is 4.39 Å². The molecule has 0 saturated carbocycles. The molecule has 2 rings (SSSR count). The van der Waals surface area contributed by atoms with Gasteiger partial charge in [-0.2, -0.15) is 0 Å². The van der Waals surface area contributed by atoms with Gasteiger partial charge in [0.05, 0.1) is 5.69 Å². The Balaban J connectivity index is 2.37. The zero-order valence-corrected chi connectivity index (χ0v) is 10.8. The highest BCUT2D eigenvalue weighted by molar-refractivity contribution is 5.68. The van der Waals surface area contributed by atoms with Gasteiger partial charge in [0.2, 0.25) is 0 Å². The largest absolute Gasteiger partial charge is 0.396 e. The molecule has 0 fully saturated rings. The summed E-state index contributed by atoms with van der Waals surface area (Å²) in [5, 5.41) is 3.24. The van der Waals surface area contributed by atoms with Crippen LogP contribution in [0.15, 0.2) is 30.3 Å². The zero-order valence-electron chi connectivity index (χ0n) is 10.8. The van der Waals surface area contributed by atoms with Crippen molar-refractivity contribution in [2.24, 2.45) is 0 Å². The molecule has 0 spiro atoms. The molecular weight excluding hydrogens is 227 g/mol. The number of hydrogen-bond acceptors (Lipinski definition) is 2. The summed E-state index contributed by atoms with van der Waals surface area (Å²) in [5.74, 6) is -0.401. The van der Waals surface area contributed by atoms with Crippen LogP contribution in [0.1, 0.15) is 16.7 Å². The average molecular weight is 244 g/mol. The van der Waals surface area contributed by atoms with Crippen LogP contribution in [-0.2, 0) is 0 Å².